The van der Waals surface area contributed by atoms with Crippen molar-refractivity contribution in [3.05, 3.63) is 65.2 Å². The molecule has 0 aromatic heterocycles. The van der Waals surface area contributed by atoms with Gasteiger partial charge in [-0.15, -0.1) is 12.4 Å². The third-order valence-electron chi connectivity index (χ3n) is 3.51. The predicted octanol–water partition coefficient (Wildman–Crippen LogP) is 3.21. The largest absolute Gasteiger partial charge is 0.352 e. The molecule has 0 spiro atoms. The minimum Gasteiger partial charge on any atom is -0.352 e. The predicted molar refractivity (Wildman–Crippen MR) is 103 cm³/mol. The van der Waals surface area contributed by atoms with Crippen molar-refractivity contribution in [3.63, 3.8) is 0 Å². The van der Waals surface area contributed by atoms with Crippen molar-refractivity contribution in [2.45, 2.75) is 20.4 Å². The second-order valence-electron chi connectivity index (χ2n) is 6.04. The first-order valence-electron chi connectivity index (χ1n) is 7.98. The molecule has 0 bridgehead atoms. The Kier molecular flexibility index (Phi) is 8.11. The number of carbonyl (C=O) groups excluding carboxylic acids is 2. The van der Waals surface area contributed by atoms with E-state index < -0.39 is 0 Å². The third-order valence-corrected chi connectivity index (χ3v) is 3.51. The highest BCUT2D eigenvalue weighted by molar-refractivity contribution is 6.05. The molecular weight excluding hydrogens is 338 g/mol. The molecule has 2 aromatic rings. The van der Waals surface area contributed by atoms with Crippen molar-refractivity contribution < 1.29 is 9.59 Å². The van der Waals surface area contributed by atoms with E-state index in [4.69, 9.17) is 5.73 Å². The van der Waals surface area contributed by atoms with Gasteiger partial charge in [-0.05, 0) is 41.8 Å². The summed E-state index contributed by atoms with van der Waals surface area (Å²) < 4.78 is 0. The molecule has 2 amide bonds. The lowest BCUT2D eigenvalue weighted by atomic mass is 10.1. The number of nitrogens with one attached hydrogen (secondary N) is 2. The van der Waals surface area contributed by atoms with Crippen LogP contribution in [-0.2, 0) is 6.54 Å². The number of amides is 2. The summed E-state index contributed by atoms with van der Waals surface area (Å²) in [6.45, 7) is 5.12. The van der Waals surface area contributed by atoms with Gasteiger partial charge in [0.05, 0.1) is 0 Å². The van der Waals surface area contributed by atoms with E-state index >= 15 is 0 Å². The number of nitrogens with two attached hydrogens (primary N) is 1. The minimum atomic E-state index is -0.224. The number of rotatable bonds is 6. The molecule has 0 atom stereocenters. The van der Waals surface area contributed by atoms with Crippen LogP contribution in [0.15, 0.2) is 48.5 Å². The molecule has 0 saturated heterocycles. The lowest BCUT2D eigenvalue weighted by molar-refractivity contribution is 0.0947. The summed E-state index contributed by atoms with van der Waals surface area (Å²) in [7, 11) is 0. The lowest BCUT2D eigenvalue weighted by Gasteiger charge is -2.10. The van der Waals surface area contributed by atoms with Gasteiger partial charge in [-0.25, -0.2) is 0 Å². The van der Waals surface area contributed by atoms with Gasteiger partial charge < -0.3 is 16.4 Å². The molecule has 0 aliphatic heterocycles. The lowest BCUT2D eigenvalue weighted by Crippen LogP contribution is -2.27. The zero-order valence-electron chi connectivity index (χ0n) is 14.4. The third kappa shape index (κ3) is 6.21. The molecule has 0 saturated carbocycles. The Labute approximate surface area is 154 Å². The molecule has 0 heterocycles. The average Bonchev–Trinajstić information content (AvgIpc) is 2.59. The monoisotopic (exact) mass is 361 g/mol. The zero-order valence-corrected chi connectivity index (χ0v) is 15.2. The number of hydrogen-bond acceptors (Lipinski definition) is 3. The number of hydrogen-bond donors (Lipinski definition) is 3. The SMILES string of the molecule is CC(C)CNC(=O)c1cccc(NC(=O)c2ccc(CN)cc2)c1.Cl. The second-order valence-corrected chi connectivity index (χ2v) is 6.04. The maximum atomic E-state index is 12.3. The quantitative estimate of drug-likeness (QED) is 0.738. The Balaban J connectivity index is 0.00000312. The molecule has 134 valence electrons. The van der Waals surface area contributed by atoms with Crippen molar-refractivity contribution in [1.82, 2.24) is 5.32 Å². The topological polar surface area (TPSA) is 84.2 Å². The van der Waals surface area contributed by atoms with Crippen LogP contribution in [0, 0.1) is 5.92 Å². The van der Waals surface area contributed by atoms with E-state index in [1.54, 1.807) is 36.4 Å². The van der Waals surface area contributed by atoms with Crippen molar-refractivity contribution in [1.29, 1.82) is 0 Å². The van der Waals surface area contributed by atoms with Gasteiger partial charge >= 0.3 is 0 Å². The summed E-state index contributed by atoms with van der Waals surface area (Å²) in [6.07, 6.45) is 0. The van der Waals surface area contributed by atoms with Gasteiger partial charge in [-0.1, -0.05) is 32.0 Å². The second kappa shape index (κ2) is 9.81. The molecule has 2 aromatic carbocycles. The Morgan fingerprint density at radius 3 is 2.28 bits per heavy atom. The minimum absolute atomic E-state index is 0. The van der Waals surface area contributed by atoms with Gasteiger partial charge in [0, 0.05) is 29.9 Å². The molecular formula is C19H24ClN3O2. The Bertz CT molecular complexity index is 715. The molecule has 5 nitrogen and oxygen atoms in total. The highest BCUT2D eigenvalue weighted by Crippen LogP contribution is 2.13. The molecule has 0 aliphatic rings. The summed E-state index contributed by atoms with van der Waals surface area (Å²) in [6, 6.07) is 14.0. The highest BCUT2D eigenvalue weighted by Gasteiger charge is 2.09. The van der Waals surface area contributed by atoms with Crippen LogP contribution in [0.5, 0.6) is 0 Å². The summed E-state index contributed by atoms with van der Waals surface area (Å²) in [5.41, 5.74) is 8.16. The number of carbonyl (C=O) groups is 2. The van der Waals surface area contributed by atoms with Crippen LogP contribution < -0.4 is 16.4 Å². The summed E-state index contributed by atoms with van der Waals surface area (Å²) >= 11 is 0. The van der Waals surface area contributed by atoms with E-state index in [-0.39, 0.29) is 24.2 Å². The van der Waals surface area contributed by atoms with Crippen molar-refractivity contribution in [3.8, 4) is 0 Å². The fraction of sp³-hybridized carbons (Fsp3) is 0.263. The summed E-state index contributed by atoms with van der Waals surface area (Å²) in [4.78, 5) is 24.4. The summed E-state index contributed by atoms with van der Waals surface area (Å²) in [5.74, 6) is 0.0127. The van der Waals surface area contributed by atoms with Gasteiger partial charge in [0.2, 0.25) is 0 Å². The highest BCUT2D eigenvalue weighted by atomic mass is 35.5. The Morgan fingerprint density at radius 2 is 1.68 bits per heavy atom. The van der Waals surface area contributed by atoms with Gasteiger partial charge in [0.1, 0.15) is 0 Å². The number of halogens is 1. The van der Waals surface area contributed by atoms with Crippen LogP contribution in [-0.4, -0.2) is 18.4 Å². The normalized spacial score (nSPS) is 10.1. The molecule has 4 N–H and O–H groups in total. The number of anilines is 1. The maximum Gasteiger partial charge on any atom is 0.255 e. The molecule has 0 aliphatic carbocycles. The Morgan fingerprint density at radius 1 is 1.00 bits per heavy atom. The van der Waals surface area contributed by atoms with Crippen molar-refractivity contribution in [2.24, 2.45) is 11.7 Å². The zero-order chi connectivity index (χ0) is 17.5. The molecule has 6 heteroatoms. The molecule has 0 unspecified atom stereocenters. The van der Waals surface area contributed by atoms with Crippen molar-refractivity contribution >= 4 is 29.9 Å². The van der Waals surface area contributed by atoms with E-state index in [0.29, 0.717) is 35.8 Å². The first-order chi connectivity index (χ1) is 11.5. The fourth-order valence-electron chi connectivity index (χ4n) is 2.13. The fourth-order valence-corrected chi connectivity index (χ4v) is 2.13. The van der Waals surface area contributed by atoms with Crippen LogP contribution in [0.2, 0.25) is 0 Å². The van der Waals surface area contributed by atoms with E-state index in [1.807, 2.05) is 26.0 Å². The van der Waals surface area contributed by atoms with E-state index in [1.165, 1.54) is 0 Å². The van der Waals surface area contributed by atoms with Crippen LogP contribution >= 0.6 is 12.4 Å². The van der Waals surface area contributed by atoms with Crippen LogP contribution in [0.1, 0.15) is 40.1 Å². The average molecular weight is 362 g/mol. The van der Waals surface area contributed by atoms with Gasteiger partial charge in [-0.2, -0.15) is 0 Å². The van der Waals surface area contributed by atoms with Crippen LogP contribution in [0.25, 0.3) is 0 Å². The first kappa shape index (κ1) is 20.7. The smallest absolute Gasteiger partial charge is 0.255 e. The van der Waals surface area contributed by atoms with Gasteiger partial charge in [-0.3, -0.25) is 9.59 Å². The van der Waals surface area contributed by atoms with E-state index in [9.17, 15) is 9.59 Å². The standard InChI is InChI=1S/C19H23N3O2.ClH/c1-13(2)12-21-18(23)16-4-3-5-17(10-16)22-19(24)15-8-6-14(11-20)7-9-15;/h3-10,13H,11-12,20H2,1-2H3,(H,21,23)(H,22,24);1H. The first-order valence-corrected chi connectivity index (χ1v) is 7.98. The van der Waals surface area contributed by atoms with Crippen LogP contribution in [0.4, 0.5) is 5.69 Å². The molecule has 0 radical (unpaired) electrons. The van der Waals surface area contributed by atoms with Gasteiger partial charge in [0.15, 0.2) is 0 Å². The number of benzene rings is 2. The van der Waals surface area contributed by atoms with E-state index in [0.717, 1.165) is 5.56 Å². The summed E-state index contributed by atoms with van der Waals surface area (Å²) in [5, 5.41) is 5.67. The molecule has 25 heavy (non-hydrogen) atoms. The van der Waals surface area contributed by atoms with E-state index in [2.05, 4.69) is 10.6 Å². The van der Waals surface area contributed by atoms with Crippen molar-refractivity contribution in [2.75, 3.05) is 11.9 Å². The Hall–Kier alpha value is -2.37. The van der Waals surface area contributed by atoms with Crippen LogP contribution in [0.3, 0.4) is 0 Å². The van der Waals surface area contributed by atoms with Gasteiger partial charge in [0.25, 0.3) is 11.8 Å². The maximum absolute atomic E-state index is 12.3. The molecule has 2 rings (SSSR count). The molecule has 0 fully saturated rings.